The summed E-state index contributed by atoms with van der Waals surface area (Å²) in [5.74, 6) is -1.77. The van der Waals surface area contributed by atoms with Crippen molar-refractivity contribution in [2.75, 3.05) is 25.5 Å². The number of carbonyl (C=O) groups is 3. The maximum Gasteiger partial charge on any atom is 0.417 e. The number of rotatable bonds is 8. The highest BCUT2D eigenvalue weighted by Gasteiger charge is 2.57. The number of nitrogens with two attached hydrogens (primary N) is 1. The first-order chi connectivity index (χ1) is 16.5. The smallest absolute Gasteiger partial charge is 0.376 e. The van der Waals surface area contributed by atoms with Crippen LogP contribution in [0.3, 0.4) is 0 Å². The number of nitrogens with one attached hydrogen (secondary N) is 3. The van der Waals surface area contributed by atoms with E-state index in [0.29, 0.717) is 31.5 Å². The fraction of sp³-hybridized carbons (Fsp3) is 0.565. The van der Waals surface area contributed by atoms with Crippen LogP contribution in [0.1, 0.15) is 44.1 Å². The molecule has 9 nitrogen and oxygen atoms in total. The van der Waals surface area contributed by atoms with Crippen molar-refractivity contribution >= 4 is 29.1 Å². The van der Waals surface area contributed by atoms with Gasteiger partial charge in [-0.3, -0.25) is 19.8 Å². The third-order valence-corrected chi connectivity index (χ3v) is 6.71. The lowest BCUT2D eigenvalue weighted by molar-refractivity contribution is -0.281. The van der Waals surface area contributed by atoms with Gasteiger partial charge in [-0.05, 0) is 38.2 Å². The zero-order valence-corrected chi connectivity index (χ0v) is 19.4. The number of likely N-dealkylation sites (tertiary alicyclic amines) is 1. The van der Waals surface area contributed by atoms with Gasteiger partial charge in [0.1, 0.15) is 11.8 Å². The molecule has 0 aromatic heterocycles. The first-order valence-electron chi connectivity index (χ1n) is 11.4. The van der Waals surface area contributed by atoms with E-state index in [1.807, 2.05) is 0 Å². The highest BCUT2D eigenvalue weighted by molar-refractivity contribution is 6.44. The molecule has 1 saturated carbocycles. The Balaban J connectivity index is 1.62. The standard InChI is InChI=1S/C23H30F3N5O4/c1-35-22(23(24,25)26)10-4-6-14(12-22)30-21(34)17-9-5-11-31(17)18(32)13-29-16-8-3-2-7-15(16)19(27)20(28)33/h2-3,7-8,14,17,27,29H,4-6,9-13H2,1H3,(H2,28,33)(H,30,34)/t14?,17-,22?/m0/s1. The van der Waals surface area contributed by atoms with Crippen molar-refractivity contribution in [1.29, 1.82) is 5.41 Å². The SMILES string of the molecule is COC1(C(F)(F)F)CCCC(NC(=O)[C@@H]2CCCN2C(=O)CNc2ccccc2C(=N)C(N)=O)C1. The summed E-state index contributed by atoms with van der Waals surface area (Å²) >= 11 is 0. The van der Waals surface area contributed by atoms with Gasteiger partial charge in [-0.25, -0.2) is 0 Å². The largest absolute Gasteiger partial charge is 0.417 e. The molecular formula is C23H30F3N5O4. The van der Waals surface area contributed by atoms with E-state index in [1.165, 1.54) is 11.0 Å². The number of anilines is 1. The number of alkyl halides is 3. The quantitative estimate of drug-likeness (QED) is 0.407. The Morgan fingerprint density at radius 3 is 2.60 bits per heavy atom. The van der Waals surface area contributed by atoms with Gasteiger partial charge in [-0.2, -0.15) is 13.2 Å². The number of amides is 3. The maximum atomic E-state index is 13.6. The van der Waals surface area contributed by atoms with Crippen LogP contribution in [0, 0.1) is 5.41 Å². The summed E-state index contributed by atoms with van der Waals surface area (Å²) in [4.78, 5) is 38.6. The molecule has 3 rings (SSSR count). The van der Waals surface area contributed by atoms with Gasteiger partial charge in [0.15, 0.2) is 5.60 Å². The molecule has 5 N–H and O–H groups in total. The number of methoxy groups -OCH3 is 1. The second-order valence-corrected chi connectivity index (χ2v) is 8.88. The first-order valence-corrected chi connectivity index (χ1v) is 11.4. The summed E-state index contributed by atoms with van der Waals surface area (Å²) in [5.41, 5.74) is 3.11. The van der Waals surface area contributed by atoms with Crippen LogP contribution in [-0.4, -0.2) is 72.4 Å². The molecule has 1 aliphatic carbocycles. The fourth-order valence-corrected chi connectivity index (χ4v) is 4.81. The number of nitrogens with zero attached hydrogens (tertiary/aromatic N) is 1. The number of primary amides is 1. The van der Waals surface area contributed by atoms with Crippen molar-refractivity contribution in [2.24, 2.45) is 5.73 Å². The predicted octanol–water partition coefficient (Wildman–Crippen LogP) is 1.95. The molecule has 35 heavy (non-hydrogen) atoms. The minimum absolute atomic E-state index is 0.159. The van der Waals surface area contributed by atoms with Gasteiger partial charge < -0.3 is 26.0 Å². The third kappa shape index (κ3) is 5.75. The Bertz CT molecular complexity index is 986. The summed E-state index contributed by atoms with van der Waals surface area (Å²) in [7, 11) is 1.03. The topological polar surface area (TPSA) is 138 Å². The molecule has 1 aliphatic heterocycles. The van der Waals surface area contributed by atoms with Crippen molar-refractivity contribution in [1.82, 2.24) is 10.2 Å². The van der Waals surface area contributed by atoms with Gasteiger partial charge in [0.2, 0.25) is 11.8 Å². The van der Waals surface area contributed by atoms with E-state index in [0.717, 1.165) is 7.11 Å². The zero-order chi connectivity index (χ0) is 25.8. The van der Waals surface area contributed by atoms with Gasteiger partial charge in [-0.15, -0.1) is 0 Å². The molecule has 192 valence electrons. The maximum absolute atomic E-state index is 13.6. The molecule has 2 fully saturated rings. The summed E-state index contributed by atoms with van der Waals surface area (Å²) in [6.45, 7) is 0.143. The summed E-state index contributed by atoms with van der Waals surface area (Å²) < 4.78 is 45.6. The summed E-state index contributed by atoms with van der Waals surface area (Å²) in [5, 5.41) is 13.4. The lowest BCUT2D eigenvalue weighted by Gasteiger charge is -2.41. The van der Waals surface area contributed by atoms with E-state index in [9.17, 15) is 27.6 Å². The first kappa shape index (κ1) is 26.5. The Hall–Kier alpha value is -3.15. The number of para-hydroxylation sites is 1. The molecule has 1 aromatic carbocycles. The normalized spacial score (nSPS) is 24.6. The molecule has 0 spiro atoms. The van der Waals surface area contributed by atoms with Crippen LogP contribution in [0.2, 0.25) is 0 Å². The Labute approximate surface area is 201 Å². The number of hydrogen-bond acceptors (Lipinski definition) is 6. The van der Waals surface area contributed by atoms with Crippen molar-refractivity contribution < 1.29 is 32.3 Å². The minimum atomic E-state index is -4.55. The Morgan fingerprint density at radius 2 is 1.94 bits per heavy atom. The van der Waals surface area contributed by atoms with Crippen LogP contribution in [0.5, 0.6) is 0 Å². The Morgan fingerprint density at radius 1 is 1.23 bits per heavy atom. The molecule has 3 atom stereocenters. The van der Waals surface area contributed by atoms with E-state index in [-0.39, 0.29) is 37.3 Å². The van der Waals surface area contributed by atoms with Gasteiger partial charge in [-0.1, -0.05) is 18.2 Å². The van der Waals surface area contributed by atoms with Gasteiger partial charge >= 0.3 is 6.18 Å². The van der Waals surface area contributed by atoms with Crippen molar-refractivity contribution in [2.45, 2.75) is 62.4 Å². The van der Waals surface area contributed by atoms with Crippen LogP contribution in [0.25, 0.3) is 0 Å². The number of ether oxygens (including phenoxy) is 1. The van der Waals surface area contributed by atoms with Crippen LogP contribution >= 0.6 is 0 Å². The van der Waals surface area contributed by atoms with Gasteiger partial charge in [0.25, 0.3) is 5.91 Å². The molecule has 12 heteroatoms. The van der Waals surface area contributed by atoms with Crippen molar-refractivity contribution in [3.63, 3.8) is 0 Å². The summed E-state index contributed by atoms with van der Waals surface area (Å²) in [6.07, 6.45) is -3.43. The molecule has 1 heterocycles. The van der Waals surface area contributed by atoms with E-state index < -0.39 is 41.4 Å². The molecule has 1 aromatic rings. The highest BCUT2D eigenvalue weighted by Crippen LogP contribution is 2.44. The third-order valence-electron chi connectivity index (χ3n) is 6.71. The fourth-order valence-electron chi connectivity index (χ4n) is 4.81. The van der Waals surface area contributed by atoms with Crippen LogP contribution in [-0.2, 0) is 19.1 Å². The number of halogens is 3. The molecule has 2 aliphatic rings. The number of benzene rings is 1. The molecule has 3 amide bonds. The van der Waals surface area contributed by atoms with Crippen molar-refractivity contribution in [3.8, 4) is 0 Å². The van der Waals surface area contributed by atoms with Crippen LogP contribution in [0.4, 0.5) is 18.9 Å². The number of hydrogen-bond donors (Lipinski definition) is 4. The van der Waals surface area contributed by atoms with Crippen LogP contribution in [0.15, 0.2) is 24.3 Å². The molecule has 2 unspecified atom stereocenters. The Kier molecular flexibility index (Phi) is 8.04. The van der Waals surface area contributed by atoms with E-state index in [2.05, 4.69) is 10.6 Å². The second-order valence-electron chi connectivity index (χ2n) is 8.88. The molecule has 0 bridgehead atoms. The minimum Gasteiger partial charge on any atom is -0.376 e. The number of carbonyl (C=O) groups excluding carboxylic acids is 3. The molecular weight excluding hydrogens is 467 g/mol. The monoisotopic (exact) mass is 497 g/mol. The van der Waals surface area contributed by atoms with E-state index in [1.54, 1.807) is 18.2 Å². The van der Waals surface area contributed by atoms with Crippen LogP contribution < -0.4 is 16.4 Å². The summed E-state index contributed by atoms with van der Waals surface area (Å²) in [6, 6.07) is 4.93. The predicted molar refractivity (Wildman–Crippen MR) is 122 cm³/mol. The van der Waals surface area contributed by atoms with Gasteiger partial charge in [0, 0.05) is 37.4 Å². The second kappa shape index (κ2) is 10.6. The lowest BCUT2D eigenvalue weighted by Crippen LogP contribution is -2.56. The van der Waals surface area contributed by atoms with Gasteiger partial charge in [0.05, 0.1) is 6.54 Å². The van der Waals surface area contributed by atoms with E-state index >= 15 is 0 Å². The lowest BCUT2D eigenvalue weighted by atomic mass is 9.81. The average Bonchev–Trinajstić information content (AvgIpc) is 3.32. The average molecular weight is 498 g/mol. The van der Waals surface area contributed by atoms with E-state index in [4.69, 9.17) is 15.9 Å². The van der Waals surface area contributed by atoms with Crippen molar-refractivity contribution in [3.05, 3.63) is 29.8 Å². The molecule has 1 saturated heterocycles. The molecule has 0 radical (unpaired) electrons. The highest BCUT2D eigenvalue weighted by atomic mass is 19.4. The zero-order valence-electron chi connectivity index (χ0n) is 19.4.